The van der Waals surface area contributed by atoms with E-state index in [4.69, 9.17) is 51.2 Å². The largest absolute Gasteiger partial charge is 0.502 e. The molecule has 4 aromatic rings. The Hall–Kier alpha value is -5.38. The Morgan fingerprint density at radius 3 is 1.29 bits per heavy atom. The van der Waals surface area contributed by atoms with Crippen molar-refractivity contribution in [2.45, 2.75) is 66.6 Å². The number of aromatic nitrogens is 8. The number of rotatable bonds is 12. The van der Waals surface area contributed by atoms with Crippen molar-refractivity contribution in [2.24, 2.45) is 0 Å². The molecule has 5 heterocycles. The SMILES string of the molecule is CCO/C=C/B1OC(C)(C)C(C)(C)O1.CCO/C=C/c1cnc(N)c(Br)n1.CCO/C=C/c1cnc(N)cn1.CCO/C=C/c1cnc(N)cn1.Nc1cnc(Br)cn1. The summed E-state index contributed by atoms with van der Waals surface area (Å²) in [5.74, 6) is 3.45. The Bertz CT molecular complexity index is 1760. The Labute approximate surface area is 363 Å². The van der Waals surface area contributed by atoms with Gasteiger partial charge in [-0.1, -0.05) is 0 Å². The Kier molecular flexibility index (Phi) is 25.3. The van der Waals surface area contributed by atoms with Crippen LogP contribution in [0.1, 0.15) is 72.5 Å². The summed E-state index contributed by atoms with van der Waals surface area (Å²) < 4.78 is 32.8. The van der Waals surface area contributed by atoms with Gasteiger partial charge < -0.3 is 51.2 Å². The van der Waals surface area contributed by atoms with E-state index in [2.05, 4.69) is 71.7 Å². The highest BCUT2D eigenvalue weighted by Gasteiger charge is 2.50. The highest BCUT2D eigenvalue weighted by molar-refractivity contribution is 9.10. The van der Waals surface area contributed by atoms with Crippen molar-refractivity contribution in [1.82, 2.24) is 39.9 Å². The molecule has 1 fully saturated rings. The predicted molar refractivity (Wildman–Crippen MR) is 240 cm³/mol. The van der Waals surface area contributed by atoms with Crippen LogP contribution in [0.15, 0.2) is 83.6 Å². The van der Waals surface area contributed by atoms with E-state index in [1.165, 1.54) is 18.6 Å². The number of hydrogen-bond acceptors (Lipinski definition) is 18. The molecule has 59 heavy (non-hydrogen) atoms. The van der Waals surface area contributed by atoms with Crippen molar-refractivity contribution in [3.8, 4) is 0 Å². The third kappa shape index (κ3) is 23.0. The van der Waals surface area contributed by atoms with Gasteiger partial charge in [-0.15, -0.1) is 0 Å². The summed E-state index contributed by atoms with van der Waals surface area (Å²) >= 11 is 6.30. The fourth-order valence-electron chi connectivity index (χ4n) is 3.48. The second-order valence-corrected chi connectivity index (χ2v) is 13.7. The quantitative estimate of drug-likeness (QED) is 0.0827. The van der Waals surface area contributed by atoms with Crippen LogP contribution in [0, 0.1) is 0 Å². The first-order valence-corrected chi connectivity index (χ1v) is 19.8. The molecule has 21 heteroatoms. The normalized spacial score (nSPS) is 13.6. The second kappa shape index (κ2) is 28.9. The summed E-state index contributed by atoms with van der Waals surface area (Å²) in [5, 5.41) is 0. The standard InChI is InChI=1S/C10H19BO3.C8H10BrN3O.2C8H11N3O.C4H4BrN3/c1-6-12-8-7-11-13-9(2,3)10(4,5)14-11;1-2-13-4-3-6-5-11-8(10)7(9)12-6;2*1-2-12-4-3-7-5-11-8(9)6-10-7;5-3-1-8-4(6)2-7-3/h7-8H,6H2,1-5H3;3-5H,2H2,1H3,(H2,10,11);2*3-6H,2H2,1H3,(H2,9,11);1-2H,(H2,6,8)/b8-7+;3*4-3+;. The van der Waals surface area contributed by atoms with E-state index in [9.17, 15) is 0 Å². The zero-order valence-electron chi connectivity index (χ0n) is 34.7. The molecule has 1 saturated heterocycles. The molecule has 0 aliphatic carbocycles. The lowest BCUT2D eigenvalue weighted by Gasteiger charge is -2.32. The number of hydrogen-bond donors (Lipinski definition) is 4. The molecular weight excluding hydrogens is 891 g/mol. The lowest BCUT2D eigenvalue weighted by molar-refractivity contribution is 0.00578. The van der Waals surface area contributed by atoms with Crippen molar-refractivity contribution in [1.29, 1.82) is 0 Å². The summed E-state index contributed by atoms with van der Waals surface area (Å²) in [6.07, 6.45) is 22.4. The van der Waals surface area contributed by atoms with E-state index >= 15 is 0 Å². The molecule has 4 aromatic heterocycles. The van der Waals surface area contributed by atoms with Gasteiger partial charge in [0.15, 0.2) is 5.82 Å². The fraction of sp³-hybridized carbons (Fsp3) is 0.368. The van der Waals surface area contributed by atoms with Gasteiger partial charge in [-0.2, -0.15) is 0 Å². The Morgan fingerprint density at radius 1 is 0.542 bits per heavy atom. The zero-order chi connectivity index (χ0) is 44.1. The van der Waals surface area contributed by atoms with Gasteiger partial charge in [0.1, 0.15) is 26.7 Å². The minimum absolute atomic E-state index is 0.270. The van der Waals surface area contributed by atoms with Crippen LogP contribution in [0.2, 0.25) is 0 Å². The average Bonchev–Trinajstić information content (AvgIpc) is 3.42. The summed E-state index contributed by atoms with van der Waals surface area (Å²) in [4.78, 5) is 31.3. The third-order valence-corrected chi connectivity index (χ3v) is 8.07. The number of nitrogens with zero attached hydrogens (tertiary/aromatic N) is 8. The monoisotopic (exact) mass is 944 g/mol. The molecule has 5 rings (SSSR count). The van der Waals surface area contributed by atoms with Crippen LogP contribution in [0.3, 0.4) is 0 Å². The summed E-state index contributed by atoms with van der Waals surface area (Å²) in [6.45, 7) is 18.4. The molecular formula is C38H55BBr2N12O6. The lowest BCUT2D eigenvalue weighted by Crippen LogP contribution is -2.41. The zero-order valence-corrected chi connectivity index (χ0v) is 37.8. The first-order valence-electron chi connectivity index (χ1n) is 18.2. The van der Waals surface area contributed by atoms with Crippen molar-refractivity contribution in [2.75, 3.05) is 49.4 Å². The first-order chi connectivity index (χ1) is 28.1. The third-order valence-electron chi connectivity index (χ3n) is 7.07. The van der Waals surface area contributed by atoms with E-state index in [-0.39, 0.29) is 18.3 Å². The molecule has 0 spiro atoms. The Balaban J connectivity index is 0.000000372. The van der Waals surface area contributed by atoms with E-state index in [1.54, 1.807) is 74.0 Å². The van der Waals surface area contributed by atoms with Crippen molar-refractivity contribution < 1.29 is 28.3 Å². The van der Waals surface area contributed by atoms with Gasteiger partial charge in [-0.3, -0.25) is 9.97 Å². The molecule has 8 N–H and O–H groups in total. The van der Waals surface area contributed by atoms with Crippen LogP contribution >= 0.6 is 31.9 Å². The lowest BCUT2D eigenvalue weighted by atomic mass is 9.90. The minimum Gasteiger partial charge on any atom is -0.502 e. The van der Waals surface area contributed by atoms with E-state index in [1.807, 2.05) is 55.4 Å². The van der Waals surface area contributed by atoms with Gasteiger partial charge in [-0.25, -0.2) is 29.9 Å². The molecule has 1 aliphatic rings. The summed E-state index contributed by atoms with van der Waals surface area (Å²) in [5.41, 5.74) is 23.0. The molecule has 320 valence electrons. The van der Waals surface area contributed by atoms with Crippen molar-refractivity contribution >= 4 is 80.5 Å². The van der Waals surface area contributed by atoms with Crippen LogP contribution in [0.4, 0.5) is 23.3 Å². The van der Waals surface area contributed by atoms with Gasteiger partial charge in [0.2, 0.25) is 0 Å². The molecule has 0 radical (unpaired) electrons. The van der Waals surface area contributed by atoms with E-state index in [0.717, 1.165) is 11.4 Å². The van der Waals surface area contributed by atoms with Gasteiger partial charge in [0, 0.05) is 0 Å². The van der Waals surface area contributed by atoms with Gasteiger partial charge in [-0.05, 0) is 111 Å². The van der Waals surface area contributed by atoms with Gasteiger partial charge in [0.05, 0.1) is 123 Å². The van der Waals surface area contributed by atoms with Crippen LogP contribution in [0.25, 0.3) is 18.2 Å². The van der Waals surface area contributed by atoms with Crippen LogP contribution < -0.4 is 22.9 Å². The van der Waals surface area contributed by atoms with Crippen LogP contribution in [-0.4, -0.2) is 84.6 Å². The first kappa shape index (κ1) is 51.6. The molecule has 1 aliphatic heterocycles. The predicted octanol–water partition coefficient (Wildman–Crippen LogP) is 6.95. The van der Waals surface area contributed by atoms with Crippen molar-refractivity contribution in [3.05, 3.63) is 101 Å². The summed E-state index contributed by atoms with van der Waals surface area (Å²) in [7, 11) is -0.299. The molecule has 0 unspecified atom stereocenters. The molecule has 0 aromatic carbocycles. The van der Waals surface area contributed by atoms with E-state index in [0.29, 0.717) is 64.6 Å². The smallest absolute Gasteiger partial charge is 0.490 e. The number of halogens is 2. The minimum atomic E-state index is -0.299. The van der Waals surface area contributed by atoms with Crippen LogP contribution in [-0.2, 0) is 28.3 Å². The molecule has 0 amide bonds. The van der Waals surface area contributed by atoms with Gasteiger partial charge >= 0.3 is 7.12 Å². The van der Waals surface area contributed by atoms with Gasteiger partial charge in [0.25, 0.3) is 0 Å². The second-order valence-electron chi connectivity index (χ2n) is 12.2. The number of ether oxygens (including phenoxy) is 4. The highest BCUT2D eigenvalue weighted by Crippen LogP contribution is 2.36. The molecule has 0 atom stereocenters. The number of anilines is 4. The van der Waals surface area contributed by atoms with E-state index < -0.39 is 0 Å². The molecule has 0 bridgehead atoms. The highest BCUT2D eigenvalue weighted by atomic mass is 79.9. The summed E-state index contributed by atoms with van der Waals surface area (Å²) in [6, 6.07) is 0. The average molecular weight is 947 g/mol. The van der Waals surface area contributed by atoms with Crippen molar-refractivity contribution in [3.63, 3.8) is 0 Å². The number of nitrogens with two attached hydrogens (primary N) is 4. The topological polar surface area (TPSA) is 263 Å². The van der Waals surface area contributed by atoms with Crippen LogP contribution in [0.5, 0.6) is 0 Å². The maximum Gasteiger partial charge on any atom is 0.490 e. The maximum atomic E-state index is 5.72. The fourth-order valence-corrected chi connectivity index (χ4v) is 4.00. The Morgan fingerprint density at radius 2 is 0.932 bits per heavy atom. The maximum absolute atomic E-state index is 5.72. The molecule has 0 saturated carbocycles. The molecule has 18 nitrogen and oxygen atoms in total. The number of nitrogen functional groups attached to an aromatic ring is 4.